The van der Waals surface area contributed by atoms with Crippen molar-refractivity contribution < 1.29 is 23.9 Å². The molecule has 2 aliphatic rings. The number of urea groups is 1. The monoisotopic (exact) mass is 389 g/mol. The van der Waals surface area contributed by atoms with Crippen LogP contribution in [-0.4, -0.2) is 49.0 Å². The van der Waals surface area contributed by atoms with Crippen LogP contribution in [0.25, 0.3) is 0 Å². The summed E-state index contributed by atoms with van der Waals surface area (Å²) in [6.07, 6.45) is 4.84. The van der Waals surface area contributed by atoms with Gasteiger partial charge in [0.1, 0.15) is 6.04 Å². The minimum Gasteiger partial charge on any atom is -0.493 e. The lowest BCUT2D eigenvalue weighted by molar-refractivity contribution is -0.128. The van der Waals surface area contributed by atoms with Crippen molar-refractivity contribution in [2.75, 3.05) is 14.2 Å². The molecular formula is C20H27N3O5. The molecule has 1 aliphatic carbocycles. The van der Waals surface area contributed by atoms with E-state index in [4.69, 9.17) is 9.47 Å². The molecule has 0 aromatic heterocycles. The van der Waals surface area contributed by atoms with Gasteiger partial charge in [0, 0.05) is 12.5 Å². The van der Waals surface area contributed by atoms with E-state index < -0.39 is 12.1 Å². The van der Waals surface area contributed by atoms with Crippen LogP contribution >= 0.6 is 0 Å². The number of hydrogen-bond donors (Lipinski definition) is 2. The molecule has 1 atom stereocenters. The quantitative estimate of drug-likeness (QED) is 0.663. The zero-order valence-electron chi connectivity index (χ0n) is 16.3. The van der Waals surface area contributed by atoms with Crippen LogP contribution in [0.4, 0.5) is 4.79 Å². The van der Waals surface area contributed by atoms with E-state index in [-0.39, 0.29) is 30.8 Å². The van der Waals surface area contributed by atoms with Crippen LogP contribution in [0, 0.1) is 0 Å². The Balaban J connectivity index is 1.55. The van der Waals surface area contributed by atoms with Gasteiger partial charge in [0.2, 0.25) is 5.91 Å². The van der Waals surface area contributed by atoms with Crippen molar-refractivity contribution in [1.29, 1.82) is 0 Å². The zero-order valence-corrected chi connectivity index (χ0v) is 16.3. The summed E-state index contributed by atoms with van der Waals surface area (Å²) in [4.78, 5) is 38.1. The molecule has 1 saturated carbocycles. The Labute approximate surface area is 164 Å². The van der Waals surface area contributed by atoms with Crippen LogP contribution in [0.15, 0.2) is 18.2 Å². The molecule has 1 heterocycles. The largest absolute Gasteiger partial charge is 0.493 e. The predicted octanol–water partition coefficient (Wildman–Crippen LogP) is 1.96. The first kappa shape index (κ1) is 20.0. The Bertz CT molecular complexity index is 745. The van der Waals surface area contributed by atoms with Crippen molar-refractivity contribution in [2.45, 2.75) is 57.2 Å². The summed E-state index contributed by atoms with van der Waals surface area (Å²) < 4.78 is 10.5. The number of nitrogens with zero attached hydrogens (tertiary/aromatic N) is 1. The summed E-state index contributed by atoms with van der Waals surface area (Å²) in [7, 11) is 3.07. The third-order valence-corrected chi connectivity index (χ3v) is 5.28. The smallest absolute Gasteiger partial charge is 0.325 e. The van der Waals surface area contributed by atoms with Crippen molar-refractivity contribution in [3.63, 3.8) is 0 Å². The first-order chi connectivity index (χ1) is 13.5. The second-order valence-electron chi connectivity index (χ2n) is 7.20. The van der Waals surface area contributed by atoms with Gasteiger partial charge in [-0.15, -0.1) is 0 Å². The Morgan fingerprint density at radius 1 is 1.18 bits per heavy atom. The normalized spacial score (nSPS) is 19.6. The molecule has 2 fully saturated rings. The van der Waals surface area contributed by atoms with Crippen molar-refractivity contribution >= 4 is 17.8 Å². The van der Waals surface area contributed by atoms with E-state index in [9.17, 15) is 14.4 Å². The van der Waals surface area contributed by atoms with E-state index in [1.807, 2.05) is 0 Å². The lowest BCUT2D eigenvalue weighted by Gasteiger charge is -2.15. The maximum absolute atomic E-state index is 12.6. The van der Waals surface area contributed by atoms with E-state index in [1.54, 1.807) is 25.3 Å². The molecule has 0 spiro atoms. The Morgan fingerprint density at radius 3 is 2.57 bits per heavy atom. The summed E-state index contributed by atoms with van der Waals surface area (Å²) >= 11 is 0. The average molecular weight is 389 g/mol. The van der Waals surface area contributed by atoms with Crippen LogP contribution in [-0.2, 0) is 16.1 Å². The maximum atomic E-state index is 12.6. The lowest BCUT2D eigenvalue weighted by Crippen LogP contribution is -2.35. The molecule has 8 heteroatoms. The Hall–Kier alpha value is -2.77. The second kappa shape index (κ2) is 8.95. The highest BCUT2D eigenvalue weighted by Crippen LogP contribution is 2.28. The molecule has 0 bridgehead atoms. The number of ether oxygens (including phenoxy) is 2. The average Bonchev–Trinajstić information content (AvgIpc) is 3.29. The van der Waals surface area contributed by atoms with Gasteiger partial charge in [-0.25, -0.2) is 4.79 Å². The van der Waals surface area contributed by atoms with Crippen LogP contribution in [0.5, 0.6) is 11.5 Å². The molecule has 1 aromatic rings. The highest BCUT2D eigenvalue weighted by Gasteiger charge is 2.38. The number of hydrogen-bond acceptors (Lipinski definition) is 5. The molecule has 1 aliphatic heterocycles. The van der Waals surface area contributed by atoms with Crippen molar-refractivity contribution in [3.05, 3.63) is 23.8 Å². The number of carbonyl (C=O) groups is 3. The standard InChI is InChI=1S/C20H27N3O5/c1-27-16-9-7-13(11-17(16)28-2)12-23-19(25)15(22-20(23)26)8-10-18(24)21-14-5-3-4-6-14/h7,9,11,14-15H,3-6,8,10,12H2,1-2H3,(H,21,24)(H,22,26)/t15-/m1/s1. The number of rotatable bonds is 8. The third kappa shape index (κ3) is 4.55. The zero-order chi connectivity index (χ0) is 20.1. The number of carbonyl (C=O) groups excluding carboxylic acids is 3. The van der Waals surface area contributed by atoms with Crippen molar-refractivity contribution in [1.82, 2.24) is 15.5 Å². The van der Waals surface area contributed by atoms with Gasteiger partial charge in [0.25, 0.3) is 5.91 Å². The van der Waals surface area contributed by atoms with Gasteiger partial charge in [0.05, 0.1) is 20.8 Å². The molecule has 4 amide bonds. The second-order valence-corrected chi connectivity index (χ2v) is 7.20. The summed E-state index contributed by atoms with van der Waals surface area (Å²) in [5, 5.41) is 5.68. The van der Waals surface area contributed by atoms with Gasteiger partial charge in [0.15, 0.2) is 11.5 Å². The fourth-order valence-corrected chi connectivity index (χ4v) is 3.73. The van der Waals surface area contributed by atoms with Crippen molar-refractivity contribution in [3.8, 4) is 11.5 Å². The molecule has 28 heavy (non-hydrogen) atoms. The fraction of sp³-hybridized carbons (Fsp3) is 0.550. The van der Waals surface area contributed by atoms with E-state index in [0.29, 0.717) is 17.9 Å². The first-order valence-electron chi connectivity index (χ1n) is 9.64. The van der Waals surface area contributed by atoms with Crippen LogP contribution in [0.3, 0.4) is 0 Å². The molecule has 1 saturated heterocycles. The summed E-state index contributed by atoms with van der Waals surface area (Å²) in [6.45, 7) is 0.135. The van der Waals surface area contributed by atoms with Gasteiger partial charge in [-0.1, -0.05) is 18.9 Å². The van der Waals surface area contributed by atoms with E-state index in [2.05, 4.69) is 10.6 Å². The van der Waals surface area contributed by atoms with Gasteiger partial charge in [-0.2, -0.15) is 0 Å². The lowest BCUT2D eigenvalue weighted by atomic mass is 10.1. The molecule has 8 nitrogen and oxygen atoms in total. The van der Waals surface area contributed by atoms with Gasteiger partial charge >= 0.3 is 6.03 Å². The summed E-state index contributed by atoms with van der Waals surface area (Å²) in [5.74, 6) is 0.738. The highest BCUT2D eigenvalue weighted by atomic mass is 16.5. The van der Waals surface area contributed by atoms with Crippen LogP contribution in [0.1, 0.15) is 44.1 Å². The number of benzene rings is 1. The highest BCUT2D eigenvalue weighted by molar-refractivity contribution is 6.04. The SMILES string of the molecule is COc1ccc(CN2C(=O)N[C@H](CCC(=O)NC3CCCC3)C2=O)cc1OC. The molecule has 152 valence electrons. The molecule has 1 aromatic carbocycles. The first-order valence-corrected chi connectivity index (χ1v) is 9.64. The molecule has 0 unspecified atom stereocenters. The maximum Gasteiger partial charge on any atom is 0.325 e. The minimum absolute atomic E-state index is 0.0627. The number of imide groups is 1. The molecular weight excluding hydrogens is 362 g/mol. The number of nitrogens with one attached hydrogen (secondary N) is 2. The van der Waals surface area contributed by atoms with Crippen molar-refractivity contribution in [2.24, 2.45) is 0 Å². The van der Waals surface area contributed by atoms with Crippen LogP contribution < -0.4 is 20.1 Å². The molecule has 2 N–H and O–H groups in total. The van der Waals surface area contributed by atoms with E-state index in [1.165, 1.54) is 12.0 Å². The summed E-state index contributed by atoms with van der Waals surface area (Å²) in [6, 6.07) is 4.40. The molecule has 0 radical (unpaired) electrons. The van der Waals surface area contributed by atoms with Gasteiger partial charge < -0.3 is 20.1 Å². The predicted molar refractivity (Wildman–Crippen MR) is 102 cm³/mol. The van der Waals surface area contributed by atoms with E-state index in [0.717, 1.165) is 31.2 Å². The summed E-state index contributed by atoms with van der Waals surface area (Å²) in [5.41, 5.74) is 0.751. The Morgan fingerprint density at radius 2 is 1.89 bits per heavy atom. The van der Waals surface area contributed by atoms with Gasteiger partial charge in [-0.05, 0) is 37.0 Å². The number of methoxy groups -OCH3 is 2. The fourth-order valence-electron chi connectivity index (χ4n) is 3.73. The van der Waals surface area contributed by atoms with E-state index >= 15 is 0 Å². The topological polar surface area (TPSA) is 97.0 Å². The minimum atomic E-state index is -0.665. The third-order valence-electron chi connectivity index (χ3n) is 5.28. The number of amides is 4. The Kier molecular flexibility index (Phi) is 6.38. The van der Waals surface area contributed by atoms with Gasteiger partial charge in [-0.3, -0.25) is 14.5 Å². The molecule has 3 rings (SSSR count). The van der Waals surface area contributed by atoms with Crippen LogP contribution in [0.2, 0.25) is 0 Å².